The lowest BCUT2D eigenvalue weighted by Crippen LogP contribution is -2.49. The Morgan fingerprint density at radius 3 is 2.41 bits per heavy atom. The van der Waals surface area contributed by atoms with Gasteiger partial charge in [-0.2, -0.15) is 5.10 Å². The predicted octanol–water partition coefficient (Wildman–Crippen LogP) is 4.05. The summed E-state index contributed by atoms with van der Waals surface area (Å²) in [6, 6.07) is 22.2. The molecule has 0 aliphatic carbocycles. The molecule has 0 spiro atoms. The Hall–Kier alpha value is -3.75. The van der Waals surface area contributed by atoms with Crippen LogP contribution in [0.25, 0.3) is 0 Å². The van der Waals surface area contributed by atoms with Crippen LogP contribution in [0.2, 0.25) is 0 Å². The lowest BCUT2D eigenvalue weighted by Gasteiger charge is -2.35. The summed E-state index contributed by atoms with van der Waals surface area (Å²) >= 11 is 0. The molecule has 3 aromatic rings. The van der Waals surface area contributed by atoms with E-state index in [9.17, 15) is 9.18 Å². The number of carbonyl (C=O) groups is 1. The van der Waals surface area contributed by atoms with Crippen LogP contribution in [0.4, 0.5) is 4.39 Å². The van der Waals surface area contributed by atoms with Gasteiger partial charge in [0.1, 0.15) is 5.82 Å². The Morgan fingerprint density at radius 1 is 0.892 bits per heavy atom. The Kier molecular flexibility index (Phi) is 6.59. The fraction of sp³-hybridized carbons (Fsp3) is 0.310. The summed E-state index contributed by atoms with van der Waals surface area (Å²) in [5.74, 6) is 1.03. The first-order valence-corrected chi connectivity index (χ1v) is 12.7. The van der Waals surface area contributed by atoms with E-state index in [-0.39, 0.29) is 24.6 Å². The van der Waals surface area contributed by atoms with Crippen LogP contribution in [-0.2, 0) is 11.3 Å². The lowest BCUT2D eigenvalue weighted by molar-refractivity contribution is -0.134. The van der Waals surface area contributed by atoms with E-state index >= 15 is 0 Å². The number of rotatable bonds is 6. The fourth-order valence-corrected chi connectivity index (χ4v) is 5.15. The first-order chi connectivity index (χ1) is 18.1. The van der Waals surface area contributed by atoms with Crippen molar-refractivity contribution < 1.29 is 18.7 Å². The number of benzene rings is 3. The SMILES string of the molecule is O=C(CN1CCN(Cc2ccccc2)CC1)N1N=C(c2ccc(F)cc2)C[C@@H]1c1ccc2c(c1)OCO2. The number of fused-ring (bicyclic) bond motifs is 1. The Morgan fingerprint density at radius 2 is 1.62 bits per heavy atom. The average molecular weight is 501 g/mol. The molecule has 6 rings (SSSR count). The minimum Gasteiger partial charge on any atom is -0.454 e. The van der Waals surface area contributed by atoms with Crippen LogP contribution in [0.3, 0.4) is 0 Å². The Labute approximate surface area is 215 Å². The number of halogens is 1. The number of nitrogens with zero attached hydrogens (tertiary/aromatic N) is 4. The number of hydrazone groups is 1. The monoisotopic (exact) mass is 500 g/mol. The summed E-state index contributed by atoms with van der Waals surface area (Å²) in [4.78, 5) is 18.2. The molecule has 3 aliphatic rings. The van der Waals surface area contributed by atoms with E-state index in [4.69, 9.17) is 14.6 Å². The molecule has 0 saturated carbocycles. The predicted molar refractivity (Wildman–Crippen MR) is 138 cm³/mol. The van der Waals surface area contributed by atoms with Gasteiger partial charge in [0.05, 0.1) is 18.3 Å². The molecule has 0 bridgehead atoms. The van der Waals surface area contributed by atoms with Gasteiger partial charge in [0.15, 0.2) is 11.5 Å². The first kappa shape index (κ1) is 23.6. The van der Waals surface area contributed by atoms with Crippen molar-refractivity contribution in [3.8, 4) is 11.5 Å². The molecular weight excluding hydrogens is 471 g/mol. The number of piperazine rings is 1. The van der Waals surface area contributed by atoms with Gasteiger partial charge in [0.2, 0.25) is 6.79 Å². The van der Waals surface area contributed by atoms with Crippen molar-refractivity contribution in [1.82, 2.24) is 14.8 Å². The van der Waals surface area contributed by atoms with Crippen molar-refractivity contribution in [2.24, 2.45) is 5.10 Å². The van der Waals surface area contributed by atoms with Gasteiger partial charge in [-0.1, -0.05) is 48.5 Å². The van der Waals surface area contributed by atoms with Gasteiger partial charge in [-0.15, -0.1) is 0 Å². The van der Waals surface area contributed by atoms with Crippen LogP contribution in [0, 0.1) is 5.82 Å². The lowest BCUT2D eigenvalue weighted by atomic mass is 9.98. The van der Waals surface area contributed by atoms with Crippen LogP contribution in [0.15, 0.2) is 77.9 Å². The van der Waals surface area contributed by atoms with Crippen molar-refractivity contribution in [2.75, 3.05) is 39.5 Å². The molecule has 0 aromatic heterocycles. The quantitative estimate of drug-likeness (QED) is 0.511. The summed E-state index contributed by atoms with van der Waals surface area (Å²) < 4.78 is 24.6. The summed E-state index contributed by atoms with van der Waals surface area (Å²) in [6.45, 7) is 4.91. The highest BCUT2D eigenvalue weighted by Crippen LogP contribution is 2.39. The van der Waals surface area contributed by atoms with E-state index in [1.807, 2.05) is 24.3 Å². The zero-order valence-corrected chi connectivity index (χ0v) is 20.6. The maximum atomic E-state index is 13.6. The molecule has 0 unspecified atom stereocenters. The molecule has 1 atom stereocenters. The smallest absolute Gasteiger partial charge is 0.257 e. The first-order valence-electron chi connectivity index (χ1n) is 12.7. The van der Waals surface area contributed by atoms with Crippen molar-refractivity contribution in [2.45, 2.75) is 19.0 Å². The molecule has 1 saturated heterocycles. The molecule has 1 fully saturated rings. The number of ether oxygens (including phenoxy) is 2. The van der Waals surface area contributed by atoms with Crippen molar-refractivity contribution in [3.05, 3.63) is 95.3 Å². The maximum absolute atomic E-state index is 13.6. The van der Waals surface area contributed by atoms with Crippen LogP contribution in [-0.4, -0.2) is 65.9 Å². The average Bonchev–Trinajstić information content (AvgIpc) is 3.58. The van der Waals surface area contributed by atoms with E-state index in [0.29, 0.717) is 24.5 Å². The van der Waals surface area contributed by atoms with Gasteiger partial charge in [-0.25, -0.2) is 9.40 Å². The highest BCUT2D eigenvalue weighted by molar-refractivity contribution is 6.03. The summed E-state index contributed by atoms with van der Waals surface area (Å²) in [6.07, 6.45) is 0.544. The molecule has 0 radical (unpaired) electrons. The van der Waals surface area contributed by atoms with Gasteiger partial charge in [-0.05, 0) is 41.0 Å². The van der Waals surface area contributed by atoms with E-state index in [2.05, 4.69) is 34.1 Å². The van der Waals surface area contributed by atoms with Gasteiger partial charge in [0.25, 0.3) is 5.91 Å². The largest absolute Gasteiger partial charge is 0.454 e. The second kappa shape index (κ2) is 10.3. The van der Waals surface area contributed by atoms with Crippen LogP contribution in [0.5, 0.6) is 11.5 Å². The fourth-order valence-electron chi connectivity index (χ4n) is 5.15. The third-order valence-electron chi connectivity index (χ3n) is 7.20. The summed E-state index contributed by atoms with van der Waals surface area (Å²) in [5, 5.41) is 6.35. The number of carbonyl (C=O) groups excluding carboxylic acids is 1. The highest BCUT2D eigenvalue weighted by atomic mass is 19.1. The molecular formula is C29H29FN4O3. The summed E-state index contributed by atoms with van der Waals surface area (Å²) in [5.41, 5.74) is 3.82. The molecule has 37 heavy (non-hydrogen) atoms. The van der Waals surface area contributed by atoms with Crippen molar-refractivity contribution in [1.29, 1.82) is 0 Å². The molecule has 3 aromatic carbocycles. The van der Waals surface area contributed by atoms with Crippen LogP contribution in [0.1, 0.15) is 29.2 Å². The minimum atomic E-state index is -0.297. The second-order valence-electron chi connectivity index (χ2n) is 9.66. The van der Waals surface area contributed by atoms with Crippen molar-refractivity contribution in [3.63, 3.8) is 0 Å². The zero-order valence-electron chi connectivity index (χ0n) is 20.6. The Balaban J connectivity index is 1.16. The van der Waals surface area contributed by atoms with E-state index in [0.717, 1.165) is 49.6 Å². The standard InChI is InChI=1S/C29H29FN4O3/c30-24-9-6-22(7-10-24)25-17-26(23-8-11-27-28(16-23)37-20-36-27)34(31-25)29(35)19-33-14-12-32(13-15-33)18-21-4-2-1-3-5-21/h1-11,16,26H,12-15,17-20H2/t26-/m1/s1. The number of hydrogen-bond donors (Lipinski definition) is 0. The van der Waals surface area contributed by atoms with Gasteiger partial charge < -0.3 is 9.47 Å². The molecule has 3 heterocycles. The van der Waals surface area contributed by atoms with E-state index in [1.165, 1.54) is 17.7 Å². The van der Waals surface area contributed by atoms with Crippen molar-refractivity contribution >= 4 is 11.6 Å². The van der Waals surface area contributed by atoms with E-state index in [1.54, 1.807) is 17.1 Å². The topological polar surface area (TPSA) is 57.6 Å². The third-order valence-corrected chi connectivity index (χ3v) is 7.20. The number of amides is 1. The molecule has 190 valence electrons. The number of hydrogen-bond acceptors (Lipinski definition) is 6. The molecule has 1 amide bonds. The second-order valence-corrected chi connectivity index (χ2v) is 9.66. The zero-order chi connectivity index (χ0) is 25.2. The molecule has 8 heteroatoms. The minimum absolute atomic E-state index is 0.0451. The van der Waals surface area contributed by atoms with Gasteiger partial charge >= 0.3 is 0 Å². The van der Waals surface area contributed by atoms with Crippen LogP contribution >= 0.6 is 0 Å². The van der Waals surface area contributed by atoms with E-state index < -0.39 is 0 Å². The van der Waals surface area contributed by atoms with Gasteiger partial charge in [0, 0.05) is 39.1 Å². The Bertz CT molecular complexity index is 1290. The highest BCUT2D eigenvalue weighted by Gasteiger charge is 2.35. The third kappa shape index (κ3) is 5.21. The summed E-state index contributed by atoms with van der Waals surface area (Å²) in [7, 11) is 0. The normalized spacial score (nSPS) is 19.8. The van der Waals surface area contributed by atoms with Crippen LogP contribution < -0.4 is 9.47 Å². The maximum Gasteiger partial charge on any atom is 0.257 e. The molecule has 7 nitrogen and oxygen atoms in total. The molecule has 3 aliphatic heterocycles. The molecule has 0 N–H and O–H groups in total. The van der Waals surface area contributed by atoms with Gasteiger partial charge in [-0.3, -0.25) is 14.6 Å².